The van der Waals surface area contributed by atoms with Crippen LogP contribution in [0.15, 0.2) is 200 Å². The van der Waals surface area contributed by atoms with Crippen molar-refractivity contribution in [1.29, 1.82) is 0 Å². The third kappa shape index (κ3) is 4.38. The Labute approximate surface area is 317 Å². The van der Waals surface area contributed by atoms with Crippen LogP contribution in [0.25, 0.3) is 104 Å². The lowest BCUT2D eigenvalue weighted by Crippen LogP contribution is -1.97. The summed E-state index contributed by atoms with van der Waals surface area (Å²) in [6, 6.07) is 73.2. The van der Waals surface area contributed by atoms with Gasteiger partial charge in [-0.05, 0) is 89.3 Å². The third-order valence-corrected chi connectivity index (χ3v) is 11.6. The summed E-state index contributed by atoms with van der Waals surface area (Å²) in [6.45, 7) is 0. The largest absolute Gasteiger partial charge is 0.309 e. The van der Waals surface area contributed by atoms with Crippen LogP contribution in [0.3, 0.4) is 0 Å². The minimum Gasteiger partial charge on any atom is -0.309 e. The average molecular weight is 700 g/mol. The van der Waals surface area contributed by atoms with Crippen molar-refractivity contribution in [1.82, 2.24) is 13.7 Å². The minimum absolute atomic E-state index is 1.14. The summed E-state index contributed by atoms with van der Waals surface area (Å²) in [5.74, 6) is 0. The Morgan fingerprint density at radius 3 is 1.42 bits per heavy atom. The van der Waals surface area contributed by atoms with E-state index in [2.05, 4.69) is 214 Å². The lowest BCUT2D eigenvalue weighted by Gasteiger charge is -2.13. The van der Waals surface area contributed by atoms with Crippen molar-refractivity contribution >= 4 is 76.2 Å². The fraction of sp³-hybridized carbons (Fsp3) is 0. The fourth-order valence-corrected chi connectivity index (χ4v) is 9.19. The molecule has 12 rings (SSSR count). The Morgan fingerprint density at radius 1 is 0.236 bits per heavy atom. The van der Waals surface area contributed by atoms with E-state index in [-0.39, 0.29) is 0 Å². The summed E-state index contributed by atoms with van der Waals surface area (Å²) in [5.41, 5.74) is 13.2. The van der Waals surface area contributed by atoms with Gasteiger partial charge >= 0.3 is 0 Å². The maximum absolute atomic E-state index is 2.43. The van der Waals surface area contributed by atoms with Gasteiger partial charge in [0.05, 0.1) is 33.1 Å². The molecule has 0 bridgehead atoms. The summed E-state index contributed by atoms with van der Waals surface area (Å²) in [6.07, 6.45) is 0. The number of hydrogen-bond donors (Lipinski definition) is 0. The Bertz CT molecular complexity index is 3470. The second kappa shape index (κ2) is 11.6. The van der Waals surface area contributed by atoms with Gasteiger partial charge in [0.2, 0.25) is 0 Å². The number of hydrogen-bond acceptors (Lipinski definition) is 0. The monoisotopic (exact) mass is 699 g/mol. The normalized spacial score (nSPS) is 12.0. The van der Waals surface area contributed by atoms with Crippen LogP contribution in [0.5, 0.6) is 0 Å². The molecule has 55 heavy (non-hydrogen) atoms. The van der Waals surface area contributed by atoms with Gasteiger partial charge in [-0.3, -0.25) is 0 Å². The van der Waals surface area contributed by atoms with Crippen LogP contribution in [0, 0.1) is 0 Å². The zero-order valence-electron chi connectivity index (χ0n) is 29.9. The van der Waals surface area contributed by atoms with E-state index in [9.17, 15) is 0 Å². The number of rotatable bonds is 4. The van der Waals surface area contributed by atoms with Crippen molar-refractivity contribution < 1.29 is 0 Å². The highest BCUT2D eigenvalue weighted by Crippen LogP contribution is 2.40. The van der Waals surface area contributed by atoms with Crippen molar-refractivity contribution in [3.63, 3.8) is 0 Å². The molecule has 0 fully saturated rings. The average Bonchev–Trinajstić information content (AvgIpc) is 3.89. The predicted octanol–water partition coefficient (Wildman–Crippen LogP) is 13.8. The van der Waals surface area contributed by atoms with E-state index >= 15 is 0 Å². The standard InChI is InChI=1S/C52H33N3/c1-2-13-37(14-3-1)54-47-19-9-6-16-41(47)44-29-23-36(33-51(44)54)35-24-31-50-46(32-35)43-18-8-10-20-48(43)53(50)38-25-27-39(28-26-38)55-49-21-11-7-17-42(49)45-30-22-34-12-4-5-15-40(34)52(45)55/h1-33H. The molecule has 0 saturated carbocycles. The first-order valence-corrected chi connectivity index (χ1v) is 18.9. The number of para-hydroxylation sites is 4. The molecule has 3 aromatic heterocycles. The SMILES string of the molecule is c1ccc(-n2c3ccccc3c3ccc(-c4ccc5c(c4)c4ccccc4n5-c4ccc(-n5c6ccccc6c6ccc7ccccc7c65)cc4)cc32)cc1. The van der Waals surface area contributed by atoms with E-state index in [0.717, 1.165) is 11.4 Å². The molecule has 0 saturated heterocycles. The number of nitrogens with zero attached hydrogens (tertiary/aromatic N) is 3. The van der Waals surface area contributed by atoms with Gasteiger partial charge in [-0.15, -0.1) is 0 Å². The first kappa shape index (κ1) is 30.1. The highest BCUT2D eigenvalue weighted by atomic mass is 15.0. The Hall–Kier alpha value is -7.36. The topological polar surface area (TPSA) is 14.8 Å². The first-order valence-electron chi connectivity index (χ1n) is 18.9. The number of benzene rings is 9. The molecule has 0 atom stereocenters. The van der Waals surface area contributed by atoms with E-state index in [1.54, 1.807) is 0 Å². The van der Waals surface area contributed by atoms with Crippen molar-refractivity contribution in [2.45, 2.75) is 0 Å². The predicted molar refractivity (Wildman–Crippen MR) is 232 cm³/mol. The molecule has 3 heterocycles. The molecule has 12 aromatic rings. The third-order valence-electron chi connectivity index (χ3n) is 11.6. The van der Waals surface area contributed by atoms with Crippen LogP contribution in [-0.4, -0.2) is 13.7 Å². The summed E-state index contributed by atoms with van der Waals surface area (Å²) >= 11 is 0. The minimum atomic E-state index is 1.14. The maximum Gasteiger partial charge on any atom is 0.0619 e. The second-order valence-corrected chi connectivity index (χ2v) is 14.6. The van der Waals surface area contributed by atoms with E-state index in [1.807, 2.05) is 0 Å². The fourth-order valence-electron chi connectivity index (χ4n) is 9.19. The van der Waals surface area contributed by atoms with Crippen molar-refractivity contribution in [3.8, 4) is 28.2 Å². The van der Waals surface area contributed by atoms with Crippen LogP contribution in [0.4, 0.5) is 0 Å². The van der Waals surface area contributed by atoms with Crippen molar-refractivity contribution in [2.75, 3.05) is 0 Å². The molecule has 0 aliphatic rings. The maximum atomic E-state index is 2.43. The molecule has 0 aliphatic heterocycles. The Kier molecular flexibility index (Phi) is 6.34. The Balaban J connectivity index is 1.01. The molecule has 256 valence electrons. The van der Waals surface area contributed by atoms with E-state index < -0.39 is 0 Å². The molecular weight excluding hydrogens is 667 g/mol. The molecule has 0 aliphatic carbocycles. The van der Waals surface area contributed by atoms with Crippen LogP contribution >= 0.6 is 0 Å². The molecular formula is C52H33N3. The van der Waals surface area contributed by atoms with Gasteiger partial charge in [0.15, 0.2) is 0 Å². The molecule has 0 unspecified atom stereocenters. The molecule has 0 N–H and O–H groups in total. The van der Waals surface area contributed by atoms with Gasteiger partial charge in [-0.2, -0.15) is 0 Å². The summed E-state index contributed by atoms with van der Waals surface area (Å²) in [5, 5.41) is 10.1. The molecule has 3 heteroatoms. The summed E-state index contributed by atoms with van der Waals surface area (Å²) in [7, 11) is 0. The van der Waals surface area contributed by atoms with Gasteiger partial charge in [0.25, 0.3) is 0 Å². The number of aromatic nitrogens is 3. The van der Waals surface area contributed by atoms with Gasteiger partial charge in [-0.25, -0.2) is 0 Å². The highest BCUT2D eigenvalue weighted by molar-refractivity contribution is 6.19. The van der Waals surface area contributed by atoms with Crippen molar-refractivity contribution in [3.05, 3.63) is 200 Å². The lowest BCUT2D eigenvalue weighted by molar-refractivity contribution is 1.15. The van der Waals surface area contributed by atoms with Gasteiger partial charge < -0.3 is 13.7 Å². The first-order chi connectivity index (χ1) is 27.3. The van der Waals surface area contributed by atoms with Gasteiger partial charge in [0.1, 0.15) is 0 Å². The van der Waals surface area contributed by atoms with E-state index in [1.165, 1.54) is 93.0 Å². The van der Waals surface area contributed by atoms with Crippen LogP contribution < -0.4 is 0 Å². The Morgan fingerprint density at radius 2 is 0.691 bits per heavy atom. The van der Waals surface area contributed by atoms with Gasteiger partial charge in [-0.1, -0.05) is 127 Å². The zero-order valence-corrected chi connectivity index (χ0v) is 29.9. The number of fused-ring (bicyclic) bond motifs is 11. The molecule has 9 aromatic carbocycles. The van der Waals surface area contributed by atoms with Gasteiger partial charge in [0, 0.05) is 54.8 Å². The molecule has 0 amide bonds. The van der Waals surface area contributed by atoms with Crippen LogP contribution in [0.1, 0.15) is 0 Å². The summed E-state index contributed by atoms with van der Waals surface area (Å²) < 4.78 is 7.24. The second-order valence-electron chi connectivity index (χ2n) is 14.6. The summed E-state index contributed by atoms with van der Waals surface area (Å²) in [4.78, 5) is 0. The quantitative estimate of drug-likeness (QED) is 0.174. The highest BCUT2D eigenvalue weighted by Gasteiger charge is 2.18. The molecule has 0 radical (unpaired) electrons. The van der Waals surface area contributed by atoms with Crippen LogP contribution in [0.2, 0.25) is 0 Å². The smallest absolute Gasteiger partial charge is 0.0619 e. The molecule has 3 nitrogen and oxygen atoms in total. The van der Waals surface area contributed by atoms with Crippen molar-refractivity contribution in [2.24, 2.45) is 0 Å². The van der Waals surface area contributed by atoms with E-state index in [4.69, 9.17) is 0 Å². The molecule has 0 spiro atoms. The van der Waals surface area contributed by atoms with Crippen LogP contribution in [-0.2, 0) is 0 Å². The van der Waals surface area contributed by atoms with E-state index in [0.29, 0.717) is 0 Å². The lowest BCUT2D eigenvalue weighted by atomic mass is 10.0. The zero-order chi connectivity index (χ0) is 36.0.